The number of hydrogen-bond acceptors (Lipinski definition) is 3. The highest BCUT2D eigenvalue weighted by Gasteiger charge is 2.15. The van der Waals surface area contributed by atoms with Crippen LogP contribution in [0.5, 0.6) is 0 Å². The van der Waals surface area contributed by atoms with Crippen LogP contribution in [-0.4, -0.2) is 10.1 Å². The van der Waals surface area contributed by atoms with E-state index in [1.165, 1.54) is 18.2 Å². The molecule has 0 aliphatic rings. The number of fused-ring (bicyclic) bond motifs is 1. The van der Waals surface area contributed by atoms with E-state index in [2.05, 4.69) is 4.98 Å². The molecule has 102 valence electrons. The number of benzene rings is 2. The van der Waals surface area contributed by atoms with Crippen LogP contribution in [0.3, 0.4) is 0 Å². The molecular weight excluding hydrogens is 297 g/mol. The van der Waals surface area contributed by atoms with Gasteiger partial charge in [0, 0.05) is 11.4 Å². The van der Waals surface area contributed by atoms with Gasteiger partial charge in [-0.3, -0.25) is 0 Å². The lowest BCUT2D eigenvalue weighted by atomic mass is 10.1. The van der Waals surface area contributed by atoms with Crippen LogP contribution >= 0.6 is 22.9 Å². The van der Waals surface area contributed by atoms with Crippen molar-refractivity contribution in [1.29, 1.82) is 0 Å². The van der Waals surface area contributed by atoms with Crippen molar-refractivity contribution in [3.63, 3.8) is 0 Å². The van der Waals surface area contributed by atoms with E-state index >= 15 is 0 Å². The number of aliphatic hydroxyl groups excluding tert-OH is 1. The first-order chi connectivity index (χ1) is 9.63. The second-order valence-electron chi connectivity index (χ2n) is 4.46. The van der Waals surface area contributed by atoms with Crippen molar-refractivity contribution in [2.45, 2.75) is 12.5 Å². The fourth-order valence-corrected chi connectivity index (χ4v) is 3.35. The lowest BCUT2D eigenvalue weighted by molar-refractivity contribution is 0.178. The fourth-order valence-electron chi connectivity index (χ4n) is 2.05. The molecule has 3 aromatic rings. The summed E-state index contributed by atoms with van der Waals surface area (Å²) in [6.45, 7) is 0. The Morgan fingerprint density at radius 3 is 2.80 bits per heavy atom. The minimum atomic E-state index is -0.788. The van der Waals surface area contributed by atoms with E-state index in [1.54, 1.807) is 11.3 Å². The van der Waals surface area contributed by atoms with E-state index < -0.39 is 11.9 Å². The van der Waals surface area contributed by atoms with Crippen molar-refractivity contribution in [3.05, 3.63) is 63.9 Å². The third-order valence-electron chi connectivity index (χ3n) is 3.03. The molecule has 0 spiro atoms. The molecule has 0 bridgehead atoms. The van der Waals surface area contributed by atoms with Crippen molar-refractivity contribution in [1.82, 2.24) is 4.98 Å². The summed E-state index contributed by atoms with van der Waals surface area (Å²) in [5.41, 5.74) is 1.44. The van der Waals surface area contributed by atoms with Gasteiger partial charge in [0.2, 0.25) is 0 Å². The van der Waals surface area contributed by atoms with E-state index in [4.69, 9.17) is 11.6 Å². The predicted octanol–water partition coefficient (Wildman–Crippen LogP) is 4.36. The van der Waals surface area contributed by atoms with Gasteiger partial charge in [0.1, 0.15) is 5.82 Å². The summed E-state index contributed by atoms with van der Waals surface area (Å²) in [5, 5.41) is 11.3. The second-order valence-corrected chi connectivity index (χ2v) is 5.98. The summed E-state index contributed by atoms with van der Waals surface area (Å²) in [6, 6.07) is 11.8. The third-order valence-corrected chi connectivity index (χ3v) is 4.41. The van der Waals surface area contributed by atoms with E-state index in [-0.39, 0.29) is 5.02 Å². The number of aromatic nitrogens is 1. The zero-order valence-electron chi connectivity index (χ0n) is 10.4. The Hall–Kier alpha value is -1.49. The molecule has 5 heteroatoms. The maximum Gasteiger partial charge on any atom is 0.124 e. The molecule has 1 aromatic heterocycles. The van der Waals surface area contributed by atoms with Gasteiger partial charge in [-0.25, -0.2) is 9.37 Å². The zero-order valence-corrected chi connectivity index (χ0v) is 12.0. The summed E-state index contributed by atoms with van der Waals surface area (Å²) < 4.78 is 14.1. The summed E-state index contributed by atoms with van der Waals surface area (Å²) in [5.74, 6) is -0.411. The molecule has 1 unspecified atom stereocenters. The van der Waals surface area contributed by atoms with E-state index in [0.29, 0.717) is 12.0 Å². The maximum atomic E-state index is 13.0. The Morgan fingerprint density at radius 2 is 2.05 bits per heavy atom. The molecule has 1 atom stereocenters. The van der Waals surface area contributed by atoms with Gasteiger partial charge in [-0.05, 0) is 29.8 Å². The SMILES string of the molecule is OC(Cc1nc2ccccc2s1)c1ccc(F)cc1Cl. The average Bonchev–Trinajstić information content (AvgIpc) is 2.80. The topological polar surface area (TPSA) is 33.1 Å². The highest BCUT2D eigenvalue weighted by molar-refractivity contribution is 7.18. The predicted molar refractivity (Wildman–Crippen MR) is 79.7 cm³/mol. The Bertz CT molecular complexity index is 725. The van der Waals surface area contributed by atoms with Crippen LogP contribution < -0.4 is 0 Å². The van der Waals surface area contributed by atoms with Crippen LogP contribution in [0, 0.1) is 5.82 Å². The van der Waals surface area contributed by atoms with Crippen molar-refractivity contribution in [2.24, 2.45) is 0 Å². The molecule has 0 aliphatic heterocycles. The summed E-state index contributed by atoms with van der Waals surface area (Å²) in [4.78, 5) is 4.47. The monoisotopic (exact) mass is 307 g/mol. The molecule has 0 radical (unpaired) electrons. The molecule has 3 rings (SSSR count). The average molecular weight is 308 g/mol. The Kier molecular flexibility index (Phi) is 3.70. The molecule has 0 aliphatic carbocycles. The van der Waals surface area contributed by atoms with Crippen molar-refractivity contribution in [2.75, 3.05) is 0 Å². The Labute approximate surface area is 124 Å². The molecule has 20 heavy (non-hydrogen) atoms. The summed E-state index contributed by atoms with van der Waals surface area (Å²) in [6.07, 6.45) is -0.423. The van der Waals surface area contributed by atoms with Gasteiger partial charge < -0.3 is 5.11 Å². The second kappa shape index (κ2) is 5.48. The third kappa shape index (κ3) is 2.68. The van der Waals surface area contributed by atoms with Crippen molar-refractivity contribution in [3.8, 4) is 0 Å². The lowest BCUT2D eigenvalue weighted by Gasteiger charge is -2.11. The van der Waals surface area contributed by atoms with E-state index in [0.717, 1.165) is 15.2 Å². The van der Waals surface area contributed by atoms with Gasteiger partial charge in [-0.1, -0.05) is 29.8 Å². The molecule has 0 saturated heterocycles. The highest BCUT2D eigenvalue weighted by Crippen LogP contribution is 2.29. The van der Waals surface area contributed by atoms with Crippen LogP contribution in [0.4, 0.5) is 4.39 Å². The number of rotatable bonds is 3. The van der Waals surface area contributed by atoms with Gasteiger partial charge in [-0.2, -0.15) is 0 Å². The van der Waals surface area contributed by atoms with Gasteiger partial charge in [0.25, 0.3) is 0 Å². The molecule has 1 N–H and O–H groups in total. The zero-order chi connectivity index (χ0) is 14.1. The number of aliphatic hydroxyl groups is 1. The smallest absolute Gasteiger partial charge is 0.124 e. The lowest BCUT2D eigenvalue weighted by Crippen LogP contribution is -2.02. The standard InChI is InChI=1S/C15H11ClFNOS/c16-11-7-9(17)5-6-10(11)13(19)8-15-18-12-3-1-2-4-14(12)20-15/h1-7,13,19H,8H2. The quantitative estimate of drug-likeness (QED) is 0.779. The molecule has 0 amide bonds. The highest BCUT2D eigenvalue weighted by atomic mass is 35.5. The maximum absolute atomic E-state index is 13.0. The van der Waals surface area contributed by atoms with E-state index in [1.807, 2.05) is 24.3 Å². The van der Waals surface area contributed by atoms with Crippen molar-refractivity contribution < 1.29 is 9.50 Å². The molecule has 2 aromatic carbocycles. The molecular formula is C15H11ClFNOS. The number of nitrogens with zero attached hydrogens (tertiary/aromatic N) is 1. The van der Waals surface area contributed by atoms with Crippen LogP contribution in [0.15, 0.2) is 42.5 Å². The van der Waals surface area contributed by atoms with Crippen molar-refractivity contribution >= 4 is 33.2 Å². The van der Waals surface area contributed by atoms with E-state index in [9.17, 15) is 9.50 Å². The first-order valence-corrected chi connectivity index (χ1v) is 7.30. The normalized spacial score (nSPS) is 12.8. The Morgan fingerprint density at radius 1 is 1.25 bits per heavy atom. The summed E-state index contributed by atoms with van der Waals surface area (Å²) >= 11 is 7.49. The van der Waals surface area contributed by atoms with Crippen LogP contribution in [-0.2, 0) is 6.42 Å². The molecule has 2 nitrogen and oxygen atoms in total. The number of hydrogen-bond donors (Lipinski definition) is 1. The number of thiazole rings is 1. The first-order valence-electron chi connectivity index (χ1n) is 6.11. The molecule has 0 fully saturated rings. The van der Waals surface area contributed by atoms with Gasteiger partial charge in [-0.15, -0.1) is 11.3 Å². The minimum Gasteiger partial charge on any atom is -0.388 e. The minimum absolute atomic E-state index is 0.235. The van der Waals surface area contributed by atoms with Crippen LogP contribution in [0.25, 0.3) is 10.2 Å². The fraction of sp³-hybridized carbons (Fsp3) is 0.133. The van der Waals surface area contributed by atoms with Crippen LogP contribution in [0.2, 0.25) is 5.02 Å². The summed E-state index contributed by atoms with van der Waals surface area (Å²) in [7, 11) is 0. The Balaban J connectivity index is 1.86. The number of para-hydroxylation sites is 1. The molecule has 0 saturated carbocycles. The van der Waals surface area contributed by atoms with Gasteiger partial charge in [0.15, 0.2) is 0 Å². The van der Waals surface area contributed by atoms with Gasteiger partial charge in [0.05, 0.1) is 21.3 Å². The number of halogens is 2. The van der Waals surface area contributed by atoms with Gasteiger partial charge >= 0.3 is 0 Å². The first kappa shape index (κ1) is 13.5. The largest absolute Gasteiger partial charge is 0.388 e. The molecule has 1 heterocycles. The van der Waals surface area contributed by atoms with Crippen LogP contribution in [0.1, 0.15) is 16.7 Å².